The van der Waals surface area contributed by atoms with Gasteiger partial charge in [0.1, 0.15) is 0 Å². The van der Waals surface area contributed by atoms with Crippen molar-refractivity contribution in [3.05, 3.63) is 24.8 Å². The molecule has 36 heavy (non-hydrogen) atoms. The van der Waals surface area contributed by atoms with Gasteiger partial charge >= 0.3 is 0 Å². The van der Waals surface area contributed by atoms with Gasteiger partial charge in [0, 0.05) is 6.42 Å². The van der Waals surface area contributed by atoms with Gasteiger partial charge in [0.05, 0.1) is 0 Å². The van der Waals surface area contributed by atoms with E-state index >= 15 is 0 Å². The summed E-state index contributed by atoms with van der Waals surface area (Å²) in [6.07, 6.45) is 29.7. The summed E-state index contributed by atoms with van der Waals surface area (Å²) in [4.78, 5) is 0. The van der Waals surface area contributed by atoms with Crippen molar-refractivity contribution in [1.29, 1.82) is 0 Å². The molecule has 0 aliphatic carbocycles. The molecule has 0 heteroatoms. The second-order valence-corrected chi connectivity index (χ2v) is 8.23. The molecule has 0 radical (unpaired) electrons. The van der Waals surface area contributed by atoms with Crippen molar-refractivity contribution in [2.45, 2.75) is 196 Å². The zero-order chi connectivity index (χ0) is 26.3. The molecule has 0 saturated heterocycles. The fourth-order valence-electron chi connectivity index (χ4n) is 2.02. The van der Waals surface area contributed by atoms with E-state index < -0.39 is 0 Å². The molecule has 0 nitrogen and oxygen atoms in total. The number of rotatable bonds is 12. The van der Waals surface area contributed by atoms with E-state index in [2.05, 4.69) is 61.0 Å². The van der Waals surface area contributed by atoms with Crippen LogP contribution in [-0.2, 0) is 0 Å². The van der Waals surface area contributed by atoms with Gasteiger partial charge in [-0.3, -0.25) is 0 Å². The van der Waals surface area contributed by atoms with Crippen molar-refractivity contribution < 1.29 is 0 Å². The predicted molar refractivity (Wildman–Crippen MR) is 186 cm³/mol. The Hall–Kier alpha value is -0.960. The number of terminal acetylenes is 1. The molecule has 0 bridgehead atoms. The molecule has 0 N–H and O–H groups in total. The molecule has 0 spiro atoms. The average Bonchev–Trinajstić information content (AvgIpc) is 2.79. The Morgan fingerprint density at radius 2 is 0.806 bits per heavy atom. The maximum Gasteiger partial charge on any atom is 0.00576 e. The van der Waals surface area contributed by atoms with E-state index in [1.165, 1.54) is 83.5 Å². The lowest BCUT2D eigenvalue weighted by atomic mass is 10.1. The van der Waals surface area contributed by atoms with E-state index in [-0.39, 0.29) is 29.7 Å². The van der Waals surface area contributed by atoms with Crippen molar-refractivity contribution in [3.63, 3.8) is 0 Å². The van der Waals surface area contributed by atoms with Crippen molar-refractivity contribution in [1.82, 2.24) is 0 Å². The Bertz CT molecular complexity index is 275. The molecule has 0 rings (SSSR count). The Balaban J connectivity index is -0.0000000292. The van der Waals surface area contributed by atoms with Gasteiger partial charge in [-0.2, -0.15) is 0 Å². The molecule has 0 aromatic rings. The van der Waals surface area contributed by atoms with Crippen molar-refractivity contribution in [3.8, 4) is 12.3 Å². The summed E-state index contributed by atoms with van der Waals surface area (Å²) >= 11 is 0. The number of hydrogen-bond donors (Lipinski definition) is 0. The maximum atomic E-state index is 4.78. The Morgan fingerprint density at radius 3 is 0.917 bits per heavy atom. The first-order valence-electron chi connectivity index (χ1n) is 14.1. The molecule has 0 fully saturated rings. The van der Waals surface area contributed by atoms with Gasteiger partial charge in [-0.1, -0.05) is 207 Å². The van der Waals surface area contributed by atoms with Crippen LogP contribution in [0.5, 0.6) is 0 Å². The lowest BCUT2D eigenvalue weighted by molar-refractivity contribution is 0.585. The molecule has 0 aliphatic heterocycles. The molecule has 228 valence electrons. The molecule has 0 saturated carbocycles. The molecule has 0 amide bonds. The van der Waals surface area contributed by atoms with Crippen LogP contribution in [-0.4, -0.2) is 0 Å². The highest BCUT2D eigenvalue weighted by molar-refractivity contribution is 4.94. The second-order valence-electron chi connectivity index (χ2n) is 8.23. The van der Waals surface area contributed by atoms with Gasteiger partial charge in [0.25, 0.3) is 0 Å². The van der Waals surface area contributed by atoms with Gasteiger partial charge in [0.2, 0.25) is 0 Å². The summed E-state index contributed by atoms with van der Waals surface area (Å²) in [6, 6.07) is 0. The monoisotopic (exact) mass is 517 g/mol. The zero-order valence-corrected chi connectivity index (χ0v) is 25.0. The summed E-state index contributed by atoms with van der Waals surface area (Å²) < 4.78 is 0. The summed E-state index contributed by atoms with van der Waals surface area (Å²) in [7, 11) is 0. The Morgan fingerprint density at radius 1 is 0.611 bits per heavy atom. The SMILES string of the molecule is C.C.C.C.C#CCC.C=CC=CC.CC.CC(C)C.CCCCCCC.CCCCCCCCCC. The lowest BCUT2D eigenvalue weighted by Crippen LogP contribution is -1.77. The third-order valence-electron chi connectivity index (χ3n) is 3.70. The van der Waals surface area contributed by atoms with Crippen LogP contribution in [0.1, 0.15) is 196 Å². The molecule has 0 aliphatic rings. The first-order valence-corrected chi connectivity index (χ1v) is 14.1. The third kappa shape index (κ3) is 199. The number of unbranched alkanes of at least 4 members (excludes halogenated alkanes) is 11. The quantitative estimate of drug-likeness (QED) is 0.137. The second kappa shape index (κ2) is 92.5. The van der Waals surface area contributed by atoms with Crippen LogP contribution >= 0.6 is 0 Å². The number of allylic oxidation sites excluding steroid dienone is 3. The summed E-state index contributed by atoms with van der Waals surface area (Å²) in [5.41, 5.74) is 0. The molecular weight excluding hydrogens is 432 g/mol. The first kappa shape index (κ1) is 64.8. The zero-order valence-electron chi connectivity index (χ0n) is 25.0. The summed E-state index contributed by atoms with van der Waals surface area (Å²) in [6.45, 7) is 26.9. The molecule has 0 aromatic heterocycles. The van der Waals surface area contributed by atoms with E-state index in [1.54, 1.807) is 6.08 Å². The van der Waals surface area contributed by atoms with Crippen molar-refractivity contribution in [2.24, 2.45) is 5.92 Å². The highest BCUT2D eigenvalue weighted by atomic mass is 13.9. The van der Waals surface area contributed by atoms with E-state index in [1.807, 2.05) is 39.8 Å². The first-order chi connectivity index (χ1) is 15.4. The standard InChI is InChI=1S/C10H22.C7H16.C5H8.C4H10.C4H6.C2H6.4CH4/c1-3-5-7-9-10-8-6-4-2;1-3-5-7-6-4-2;1-3-5-4-2;1-4(2)3;1-3-4-2;1-2;;;;/h3-10H2,1-2H3;3-7H2,1-2H3;3-5H,1H2,2H3;4H,1-3H3;1H,4H2,2H3;1-2H3;4*1H4. The van der Waals surface area contributed by atoms with Gasteiger partial charge in [-0.25, -0.2) is 0 Å². The predicted octanol–water partition coefficient (Wildman–Crippen LogP) is 15.1. The van der Waals surface area contributed by atoms with Crippen LogP contribution in [0.4, 0.5) is 0 Å². The minimum Gasteiger partial charge on any atom is -0.120 e. The molecule has 0 aromatic carbocycles. The highest BCUT2D eigenvalue weighted by Gasteiger charge is 1.87. The van der Waals surface area contributed by atoms with E-state index in [0.717, 1.165) is 12.3 Å². The normalized spacial score (nSPS) is 7.64. The minimum atomic E-state index is 0. The van der Waals surface area contributed by atoms with Crippen molar-refractivity contribution >= 4 is 0 Å². The minimum absolute atomic E-state index is 0. The van der Waals surface area contributed by atoms with Crippen LogP contribution in [0.2, 0.25) is 0 Å². The third-order valence-corrected chi connectivity index (χ3v) is 3.70. The van der Waals surface area contributed by atoms with Gasteiger partial charge < -0.3 is 0 Å². The van der Waals surface area contributed by atoms with Crippen LogP contribution in [0.3, 0.4) is 0 Å². The van der Waals surface area contributed by atoms with Crippen LogP contribution in [0.25, 0.3) is 0 Å². The van der Waals surface area contributed by atoms with Crippen LogP contribution in [0.15, 0.2) is 24.8 Å². The largest absolute Gasteiger partial charge is 0.120 e. The highest BCUT2D eigenvalue weighted by Crippen LogP contribution is 2.07. The van der Waals surface area contributed by atoms with Gasteiger partial charge in [-0.15, -0.1) is 12.3 Å². The summed E-state index contributed by atoms with van der Waals surface area (Å²) in [5, 5.41) is 0. The van der Waals surface area contributed by atoms with Crippen LogP contribution < -0.4 is 0 Å². The Kier molecular flexibility index (Phi) is 166. The van der Waals surface area contributed by atoms with Crippen LogP contribution in [0, 0.1) is 18.3 Å². The van der Waals surface area contributed by atoms with E-state index in [4.69, 9.17) is 6.42 Å². The fraction of sp³-hybridized carbons (Fsp3) is 0.833. The van der Waals surface area contributed by atoms with Gasteiger partial charge in [-0.05, 0) is 12.8 Å². The molecule has 0 unspecified atom stereocenters. The molecule has 0 heterocycles. The van der Waals surface area contributed by atoms with Crippen molar-refractivity contribution in [2.75, 3.05) is 0 Å². The van der Waals surface area contributed by atoms with E-state index in [9.17, 15) is 0 Å². The lowest BCUT2D eigenvalue weighted by Gasteiger charge is -1.97. The number of hydrogen-bond acceptors (Lipinski definition) is 0. The topological polar surface area (TPSA) is 0 Å². The van der Waals surface area contributed by atoms with E-state index in [0.29, 0.717) is 0 Å². The Labute approximate surface area is 238 Å². The summed E-state index contributed by atoms with van der Waals surface area (Å²) in [5.74, 6) is 3.26. The smallest absolute Gasteiger partial charge is 0.00576 e. The van der Waals surface area contributed by atoms with Gasteiger partial charge in [0.15, 0.2) is 0 Å². The average molecular weight is 517 g/mol. The maximum absolute atomic E-state index is 4.78. The molecular formula is C36H84. The fourth-order valence-corrected chi connectivity index (χ4v) is 2.02. The molecule has 0 atom stereocenters.